The first-order valence-electron chi connectivity index (χ1n) is 24.4. The summed E-state index contributed by atoms with van der Waals surface area (Å²) in [6.07, 6.45) is 9.57. The second-order valence-electron chi connectivity index (χ2n) is 22.7. The van der Waals surface area contributed by atoms with Crippen molar-refractivity contribution in [1.29, 1.82) is 0 Å². The molecule has 2 unspecified atom stereocenters. The van der Waals surface area contributed by atoms with Crippen molar-refractivity contribution in [2.24, 2.45) is 5.92 Å². The van der Waals surface area contributed by atoms with Gasteiger partial charge < -0.3 is 57.2 Å². The van der Waals surface area contributed by atoms with Crippen molar-refractivity contribution in [2.45, 2.75) is 257 Å². The Morgan fingerprint density at radius 2 is 1.50 bits per heavy atom. The van der Waals surface area contributed by atoms with Gasteiger partial charge in [-0.15, -0.1) is 0 Å². The third-order valence-corrected chi connectivity index (χ3v) is 17.8. The Labute approximate surface area is 377 Å². The third kappa shape index (κ3) is 7.38. The lowest BCUT2D eigenvalue weighted by Crippen LogP contribution is -2.70. The molecule has 0 aromatic carbocycles. The number of ether oxygens (including phenoxy) is 11. The lowest BCUT2D eigenvalue weighted by Gasteiger charge is -2.60. The first-order valence-corrected chi connectivity index (χ1v) is 24.4. The molecule has 0 aromatic rings. The first-order chi connectivity index (χ1) is 30.4. The molecule has 0 aromatic heterocycles. The molecule has 11 rings (SSSR count). The highest BCUT2D eigenvalue weighted by Crippen LogP contribution is 2.55. The highest BCUT2D eigenvalue weighted by molar-refractivity contribution is 5.84. The van der Waals surface area contributed by atoms with Crippen molar-refractivity contribution in [3.63, 3.8) is 0 Å². The van der Waals surface area contributed by atoms with Crippen LogP contribution < -0.4 is 0 Å². The van der Waals surface area contributed by atoms with E-state index in [2.05, 4.69) is 53.3 Å². The highest BCUT2D eigenvalue weighted by atomic mass is 16.7. The maximum absolute atomic E-state index is 12.3. The van der Waals surface area contributed by atoms with E-state index in [0.29, 0.717) is 63.4 Å². The average Bonchev–Trinajstić information content (AvgIpc) is 3.43. The first kappa shape index (κ1) is 44.4. The highest BCUT2D eigenvalue weighted by Gasteiger charge is 2.64. The van der Waals surface area contributed by atoms with Crippen molar-refractivity contribution in [3.8, 4) is 0 Å². The Bertz CT molecular complexity index is 1940. The topological polar surface area (TPSA) is 156 Å². The van der Waals surface area contributed by atoms with Gasteiger partial charge in [-0.2, -0.15) is 0 Å². The maximum atomic E-state index is 12.3. The summed E-state index contributed by atoms with van der Waals surface area (Å²) in [6, 6.07) is 0. The fourth-order valence-electron chi connectivity index (χ4n) is 14.0. The van der Waals surface area contributed by atoms with Crippen LogP contribution in [0.15, 0.2) is 36.0 Å². The summed E-state index contributed by atoms with van der Waals surface area (Å²) in [5.41, 5.74) is -1.96. The van der Waals surface area contributed by atoms with Gasteiger partial charge in [0.2, 0.25) is 0 Å². The summed E-state index contributed by atoms with van der Waals surface area (Å²) >= 11 is 0. The molecule has 9 fully saturated rings. The van der Waals surface area contributed by atoms with Crippen LogP contribution in [-0.4, -0.2) is 149 Å². The molecule has 9 saturated heterocycles. The molecule has 11 heterocycles. The fourth-order valence-corrected chi connectivity index (χ4v) is 14.0. The third-order valence-electron chi connectivity index (χ3n) is 17.8. The van der Waals surface area contributed by atoms with Crippen LogP contribution in [0.5, 0.6) is 0 Å². The largest absolute Gasteiger partial charge is 0.456 e. The molecule has 0 aliphatic carbocycles. The molecular weight excluding hydrogens is 825 g/mol. The van der Waals surface area contributed by atoms with Crippen LogP contribution in [0.4, 0.5) is 0 Å². The Hall–Kier alpha value is -2.08. The van der Waals surface area contributed by atoms with Crippen LogP contribution in [0, 0.1) is 5.92 Å². The van der Waals surface area contributed by atoms with Gasteiger partial charge >= 0.3 is 5.97 Å². The quantitative estimate of drug-likeness (QED) is 0.165. The molecule has 1 N–H and O–H groups in total. The molecule has 0 bridgehead atoms. The number of rotatable bonds is 3. The Balaban J connectivity index is 0.776. The molecule has 11 aliphatic rings. The fraction of sp³-hybridized carbons (Fsp3) is 0.840. The summed E-state index contributed by atoms with van der Waals surface area (Å²) in [4.78, 5) is 23.6. The molecule has 0 amide bonds. The monoisotopic (exact) mass is 894 g/mol. The molecule has 14 heteroatoms. The van der Waals surface area contributed by atoms with Crippen LogP contribution in [-0.2, 0) is 61.7 Å². The summed E-state index contributed by atoms with van der Waals surface area (Å²) < 4.78 is 75.6. The van der Waals surface area contributed by atoms with E-state index in [0.717, 1.165) is 31.1 Å². The van der Waals surface area contributed by atoms with Crippen LogP contribution in [0.2, 0.25) is 0 Å². The Morgan fingerprint density at radius 3 is 2.31 bits per heavy atom. The molecule has 14 nitrogen and oxygen atoms in total. The lowest BCUT2D eigenvalue weighted by molar-refractivity contribution is -0.356. The van der Waals surface area contributed by atoms with E-state index in [1.165, 1.54) is 0 Å². The second kappa shape index (κ2) is 15.7. The molecule has 0 radical (unpaired) electrons. The Morgan fingerprint density at radius 1 is 0.734 bits per heavy atom. The van der Waals surface area contributed by atoms with E-state index in [4.69, 9.17) is 52.1 Å². The predicted molar refractivity (Wildman–Crippen MR) is 228 cm³/mol. The van der Waals surface area contributed by atoms with Gasteiger partial charge in [0.05, 0.1) is 108 Å². The smallest absolute Gasteiger partial charge is 0.331 e. The van der Waals surface area contributed by atoms with E-state index < -0.39 is 34.1 Å². The lowest BCUT2D eigenvalue weighted by atomic mass is 9.72. The minimum atomic E-state index is -0.911. The number of aliphatic hydroxyl groups excluding tert-OH is 1. The van der Waals surface area contributed by atoms with Gasteiger partial charge in [-0.05, 0) is 84.3 Å². The van der Waals surface area contributed by atoms with Crippen LogP contribution in [0.25, 0.3) is 0 Å². The van der Waals surface area contributed by atoms with Crippen LogP contribution in [0.1, 0.15) is 126 Å². The van der Waals surface area contributed by atoms with E-state index in [1.54, 1.807) is 6.08 Å². The minimum Gasteiger partial charge on any atom is -0.456 e. The van der Waals surface area contributed by atoms with Gasteiger partial charge in [-0.25, -0.2) is 4.79 Å². The number of carbonyl (C=O) groups is 2. The molecule has 23 atom stereocenters. The van der Waals surface area contributed by atoms with Crippen LogP contribution >= 0.6 is 0 Å². The van der Waals surface area contributed by atoms with Crippen molar-refractivity contribution in [2.75, 3.05) is 0 Å². The molecule has 0 spiro atoms. The number of aldehydes is 1. The number of hydrogen-bond donors (Lipinski definition) is 1. The molecular formula is C50H70O14. The molecule has 11 aliphatic heterocycles. The number of hydrogen-bond acceptors (Lipinski definition) is 14. The molecule has 64 heavy (non-hydrogen) atoms. The summed E-state index contributed by atoms with van der Waals surface area (Å²) in [5.74, 6) is -0.146. The van der Waals surface area contributed by atoms with E-state index >= 15 is 0 Å². The standard InChI is InChI=1S/C50H70O14/c1-25(24-51)14-28-17-37(52)50(8)41(54-28)19-33-34(61-50)18-32-29(55-33)10-9-12-46(4)42(58-32)23-49(7)40(62-46)21-39-47(5,64-49)13-11-30-44(60-39)26(2)15-31-36(56-30)22-48(6)38(57-31)20-35-45(63-48)27(3)16-43(53)59-35/h9-10,16,24,26,28-42,44-45,52H,1,11-15,17-23H2,2-8H3/t26-,28?,29-,30+,31+,32+,33+,34-,35+,36-,37?,38-,39+,40-,41-,42-,44-,45-,46+,47-,48+,49+,50+/m1/s1. The zero-order valence-electron chi connectivity index (χ0n) is 38.6. The van der Waals surface area contributed by atoms with Crippen LogP contribution in [0.3, 0.4) is 0 Å². The van der Waals surface area contributed by atoms with Crippen molar-refractivity contribution in [3.05, 3.63) is 36.0 Å². The van der Waals surface area contributed by atoms with Gasteiger partial charge in [-0.3, -0.25) is 4.79 Å². The predicted octanol–water partition coefficient (Wildman–Crippen LogP) is 5.47. The van der Waals surface area contributed by atoms with E-state index in [1.807, 2.05) is 13.8 Å². The minimum absolute atomic E-state index is 0.116. The molecule has 0 saturated carbocycles. The van der Waals surface area contributed by atoms with Crippen molar-refractivity contribution >= 4 is 12.3 Å². The molecule has 354 valence electrons. The zero-order chi connectivity index (χ0) is 44.7. The van der Waals surface area contributed by atoms with Gasteiger partial charge in [0, 0.05) is 57.4 Å². The zero-order valence-corrected chi connectivity index (χ0v) is 38.6. The van der Waals surface area contributed by atoms with Crippen molar-refractivity contribution < 1.29 is 66.8 Å². The maximum Gasteiger partial charge on any atom is 0.331 e. The van der Waals surface area contributed by atoms with E-state index in [-0.39, 0.29) is 110 Å². The summed E-state index contributed by atoms with van der Waals surface area (Å²) in [6.45, 7) is 18.7. The van der Waals surface area contributed by atoms with E-state index in [9.17, 15) is 14.7 Å². The SMILES string of the molecule is C=C(C=O)CC1CC(O)[C@]2(C)O[C@@H]3C[C@@H]4O[C@@H]5C[C@]6(C)O[C@]7(C)CC[C@@H]8O[C@@H]9C[C@]%10(C)O[C@@H]%11C(C)=CC(=O)O[C@H]%11C[C@H]%10O[C@H]9C[C@@H](C)[C@H]8O[C@H]7C[C@H]6O[C@@]5(C)CC=C[C@H]4O[C@H]3C[C@H]2O1. The average molecular weight is 895 g/mol. The van der Waals surface area contributed by atoms with Crippen molar-refractivity contribution in [1.82, 2.24) is 0 Å². The second-order valence-corrected chi connectivity index (χ2v) is 22.7. The number of aliphatic hydroxyl groups is 1. The normalized spacial score (nSPS) is 56.4. The summed E-state index contributed by atoms with van der Waals surface area (Å²) in [7, 11) is 0. The Kier molecular flexibility index (Phi) is 10.9. The van der Waals surface area contributed by atoms with Gasteiger partial charge in [0.15, 0.2) is 0 Å². The number of carbonyl (C=O) groups excluding carboxylic acids is 2. The van der Waals surface area contributed by atoms with Gasteiger partial charge in [0.1, 0.15) is 30.2 Å². The summed E-state index contributed by atoms with van der Waals surface area (Å²) in [5, 5.41) is 11.4. The number of fused-ring (bicyclic) bond motifs is 10. The van der Waals surface area contributed by atoms with Gasteiger partial charge in [0.25, 0.3) is 0 Å². The van der Waals surface area contributed by atoms with Gasteiger partial charge in [-0.1, -0.05) is 25.7 Å². The number of esters is 1.